The first-order chi connectivity index (χ1) is 19.6. The summed E-state index contributed by atoms with van der Waals surface area (Å²) in [5, 5.41) is 0. The number of hydrogen-bond acceptors (Lipinski definition) is 3. The second-order valence-electron chi connectivity index (χ2n) is 11.1. The van der Waals surface area contributed by atoms with Crippen LogP contribution in [-0.2, 0) is 11.2 Å². The summed E-state index contributed by atoms with van der Waals surface area (Å²) in [5.41, 5.74) is 5.25. The van der Waals surface area contributed by atoms with Crippen molar-refractivity contribution in [3.63, 3.8) is 0 Å². The molecule has 0 heterocycles. The molecule has 40 heavy (non-hydrogen) atoms. The molecule has 0 N–H and O–H groups in total. The number of ether oxygens (including phenoxy) is 2. The molecule has 0 aromatic heterocycles. The number of carbonyl (C=O) groups is 1. The van der Waals surface area contributed by atoms with Gasteiger partial charge in [-0.25, -0.2) is 4.79 Å². The second-order valence-corrected chi connectivity index (χ2v) is 11.1. The summed E-state index contributed by atoms with van der Waals surface area (Å²) >= 11 is 0. The summed E-state index contributed by atoms with van der Waals surface area (Å²) < 4.78 is 10.9. The standard InChI is InChI=1S/C37H50O3/c1-4-5-6-7-8-9-10-11-12-13-14-15-16-17-31-18-20-33(21-19-31)34-26-28-36(29-27-34)40-37(38)35-24-22-32(23-25-35)30(2)39-3/h18-30H,4-17H2,1-3H3. The molecule has 0 saturated heterocycles. The van der Waals surface area contributed by atoms with Crippen molar-refractivity contribution in [2.75, 3.05) is 7.11 Å². The van der Waals surface area contributed by atoms with E-state index in [2.05, 4.69) is 31.2 Å². The molecule has 0 amide bonds. The number of esters is 1. The summed E-state index contributed by atoms with van der Waals surface area (Å²) in [6.45, 7) is 4.26. The van der Waals surface area contributed by atoms with Crippen molar-refractivity contribution >= 4 is 5.97 Å². The van der Waals surface area contributed by atoms with Gasteiger partial charge in [0.1, 0.15) is 5.75 Å². The summed E-state index contributed by atoms with van der Waals surface area (Å²) in [6.07, 6.45) is 19.2. The fourth-order valence-electron chi connectivity index (χ4n) is 5.12. The van der Waals surface area contributed by atoms with Gasteiger partial charge in [0.15, 0.2) is 0 Å². The van der Waals surface area contributed by atoms with E-state index in [1.165, 1.54) is 94.6 Å². The Balaban J connectivity index is 1.32. The highest BCUT2D eigenvalue weighted by atomic mass is 16.5. The van der Waals surface area contributed by atoms with Crippen LogP contribution in [-0.4, -0.2) is 13.1 Å². The lowest BCUT2D eigenvalue weighted by atomic mass is 10.0. The third kappa shape index (κ3) is 11.3. The third-order valence-electron chi connectivity index (χ3n) is 7.89. The minimum Gasteiger partial charge on any atom is -0.423 e. The predicted molar refractivity (Wildman–Crippen MR) is 168 cm³/mol. The molecule has 0 aliphatic heterocycles. The van der Waals surface area contributed by atoms with Gasteiger partial charge in [-0.3, -0.25) is 0 Å². The van der Waals surface area contributed by atoms with Crippen LogP contribution in [0.25, 0.3) is 11.1 Å². The Morgan fingerprint density at radius 3 is 1.60 bits per heavy atom. The Hall–Kier alpha value is -2.91. The highest BCUT2D eigenvalue weighted by molar-refractivity contribution is 5.91. The van der Waals surface area contributed by atoms with Crippen LogP contribution in [0.3, 0.4) is 0 Å². The van der Waals surface area contributed by atoms with Gasteiger partial charge in [-0.15, -0.1) is 0 Å². The molecule has 3 rings (SSSR count). The van der Waals surface area contributed by atoms with E-state index in [0.717, 1.165) is 17.5 Å². The molecule has 0 aliphatic rings. The van der Waals surface area contributed by atoms with E-state index in [0.29, 0.717) is 11.3 Å². The van der Waals surface area contributed by atoms with Gasteiger partial charge < -0.3 is 9.47 Å². The van der Waals surface area contributed by atoms with Gasteiger partial charge in [0, 0.05) is 7.11 Å². The third-order valence-corrected chi connectivity index (χ3v) is 7.89. The smallest absolute Gasteiger partial charge is 0.343 e. The van der Waals surface area contributed by atoms with Crippen molar-refractivity contribution in [3.8, 4) is 16.9 Å². The molecule has 0 radical (unpaired) electrons. The van der Waals surface area contributed by atoms with Crippen LogP contribution < -0.4 is 4.74 Å². The average Bonchev–Trinajstić information content (AvgIpc) is 3.00. The van der Waals surface area contributed by atoms with Crippen LogP contribution >= 0.6 is 0 Å². The Labute approximate surface area is 243 Å². The Kier molecular flexibility index (Phi) is 14.6. The lowest BCUT2D eigenvalue weighted by Gasteiger charge is -2.10. The first-order valence-corrected chi connectivity index (χ1v) is 15.6. The summed E-state index contributed by atoms with van der Waals surface area (Å²) in [7, 11) is 1.67. The fraction of sp³-hybridized carbons (Fsp3) is 0.486. The molecular weight excluding hydrogens is 492 g/mol. The largest absolute Gasteiger partial charge is 0.423 e. The Morgan fingerprint density at radius 1 is 0.625 bits per heavy atom. The van der Waals surface area contributed by atoms with Crippen molar-refractivity contribution in [2.45, 2.75) is 110 Å². The van der Waals surface area contributed by atoms with Crippen molar-refractivity contribution < 1.29 is 14.3 Å². The van der Waals surface area contributed by atoms with Gasteiger partial charge in [0.25, 0.3) is 0 Å². The van der Waals surface area contributed by atoms with E-state index in [4.69, 9.17) is 9.47 Å². The normalized spacial score (nSPS) is 11.9. The number of carbonyl (C=O) groups excluding carboxylic acids is 1. The van der Waals surface area contributed by atoms with E-state index in [-0.39, 0.29) is 12.1 Å². The second kappa shape index (κ2) is 18.4. The summed E-state index contributed by atoms with van der Waals surface area (Å²) in [5.74, 6) is 0.184. The Bertz CT molecular complexity index is 1080. The number of aryl methyl sites for hydroxylation is 1. The number of unbranched alkanes of at least 4 members (excludes halogenated alkanes) is 12. The van der Waals surface area contributed by atoms with Crippen LogP contribution in [0.4, 0.5) is 0 Å². The highest BCUT2D eigenvalue weighted by Crippen LogP contribution is 2.24. The van der Waals surface area contributed by atoms with Crippen LogP contribution in [0.5, 0.6) is 5.75 Å². The molecule has 3 nitrogen and oxygen atoms in total. The minimum atomic E-state index is -0.359. The number of benzene rings is 3. The molecule has 0 spiro atoms. The monoisotopic (exact) mass is 542 g/mol. The van der Waals surface area contributed by atoms with E-state index in [9.17, 15) is 4.79 Å². The van der Waals surface area contributed by atoms with E-state index < -0.39 is 0 Å². The highest BCUT2D eigenvalue weighted by Gasteiger charge is 2.11. The predicted octanol–water partition coefficient (Wildman–Crippen LogP) is 10.9. The SMILES string of the molecule is CCCCCCCCCCCCCCCc1ccc(-c2ccc(OC(=O)c3ccc(C(C)OC)cc3)cc2)cc1. The summed E-state index contributed by atoms with van der Waals surface area (Å²) in [4.78, 5) is 12.5. The van der Waals surface area contributed by atoms with Gasteiger partial charge >= 0.3 is 5.97 Å². The van der Waals surface area contributed by atoms with Gasteiger partial charge in [0.05, 0.1) is 11.7 Å². The van der Waals surface area contributed by atoms with Crippen molar-refractivity contribution in [2.24, 2.45) is 0 Å². The molecule has 0 bridgehead atoms. The van der Waals surface area contributed by atoms with Crippen LogP contribution in [0.15, 0.2) is 72.8 Å². The first-order valence-electron chi connectivity index (χ1n) is 15.6. The maximum absolute atomic E-state index is 12.5. The molecule has 0 saturated carbocycles. The zero-order chi connectivity index (χ0) is 28.4. The molecule has 1 atom stereocenters. The molecule has 1 unspecified atom stereocenters. The van der Waals surface area contributed by atoms with Crippen molar-refractivity contribution in [1.29, 1.82) is 0 Å². The Morgan fingerprint density at radius 2 is 1.10 bits per heavy atom. The number of hydrogen-bond donors (Lipinski definition) is 0. The zero-order valence-corrected chi connectivity index (χ0v) is 25.1. The fourth-order valence-corrected chi connectivity index (χ4v) is 5.12. The topological polar surface area (TPSA) is 35.5 Å². The van der Waals surface area contributed by atoms with E-state index >= 15 is 0 Å². The summed E-state index contributed by atoms with van der Waals surface area (Å²) in [6, 6.07) is 24.0. The molecule has 3 aromatic rings. The van der Waals surface area contributed by atoms with Crippen LogP contribution in [0, 0.1) is 0 Å². The molecule has 3 aromatic carbocycles. The van der Waals surface area contributed by atoms with Crippen molar-refractivity contribution in [3.05, 3.63) is 89.5 Å². The molecule has 0 fully saturated rings. The zero-order valence-electron chi connectivity index (χ0n) is 25.1. The minimum absolute atomic E-state index is 0.00843. The quantitative estimate of drug-likeness (QED) is 0.0858. The lowest BCUT2D eigenvalue weighted by Crippen LogP contribution is -2.08. The molecule has 216 valence electrons. The molecule has 0 aliphatic carbocycles. The number of methoxy groups -OCH3 is 1. The van der Waals surface area contributed by atoms with Gasteiger partial charge in [-0.1, -0.05) is 133 Å². The van der Waals surface area contributed by atoms with E-state index in [1.807, 2.05) is 43.3 Å². The van der Waals surface area contributed by atoms with Gasteiger partial charge in [-0.2, -0.15) is 0 Å². The van der Waals surface area contributed by atoms with Crippen LogP contribution in [0.1, 0.15) is 125 Å². The van der Waals surface area contributed by atoms with Crippen molar-refractivity contribution in [1.82, 2.24) is 0 Å². The van der Waals surface area contributed by atoms with E-state index in [1.54, 1.807) is 19.2 Å². The number of rotatable bonds is 19. The lowest BCUT2D eigenvalue weighted by molar-refractivity contribution is 0.0734. The maximum atomic E-state index is 12.5. The van der Waals surface area contributed by atoms with Gasteiger partial charge in [-0.05, 0) is 66.3 Å². The molecular formula is C37H50O3. The first kappa shape index (κ1) is 31.6. The average molecular weight is 543 g/mol. The maximum Gasteiger partial charge on any atom is 0.343 e. The molecule has 3 heteroatoms. The van der Waals surface area contributed by atoms with Crippen LogP contribution in [0.2, 0.25) is 0 Å². The van der Waals surface area contributed by atoms with Gasteiger partial charge in [0.2, 0.25) is 0 Å².